The Morgan fingerprint density at radius 3 is 2.65 bits per heavy atom. The first-order chi connectivity index (χ1) is 8.25. The van der Waals surface area contributed by atoms with E-state index < -0.39 is 5.97 Å². The van der Waals surface area contributed by atoms with Crippen LogP contribution < -0.4 is 5.32 Å². The normalized spacial score (nSPS) is 16.7. The van der Waals surface area contributed by atoms with Crippen LogP contribution in [0.1, 0.15) is 42.6 Å². The van der Waals surface area contributed by atoms with Gasteiger partial charge in [-0.05, 0) is 18.8 Å². The highest BCUT2D eigenvalue weighted by Crippen LogP contribution is 2.23. The van der Waals surface area contributed by atoms with E-state index in [4.69, 9.17) is 5.11 Å². The van der Waals surface area contributed by atoms with Gasteiger partial charge in [-0.2, -0.15) is 0 Å². The van der Waals surface area contributed by atoms with Gasteiger partial charge in [-0.3, -0.25) is 0 Å². The maximum Gasteiger partial charge on any atom is 0.356 e. The molecule has 0 aliphatic heterocycles. The first kappa shape index (κ1) is 11.8. The average Bonchev–Trinajstić information content (AvgIpc) is 2.38. The summed E-state index contributed by atoms with van der Waals surface area (Å²) >= 11 is 0. The third kappa shape index (κ3) is 3.41. The molecule has 1 aromatic heterocycles. The van der Waals surface area contributed by atoms with Crippen molar-refractivity contribution in [2.24, 2.45) is 5.92 Å². The molecule has 1 aliphatic carbocycles. The van der Waals surface area contributed by atoms with Crippen molar-refractivity contribution in [3.8, 4) is 0 Å². The molecule has 0 spiro atoms. The van der Waals surface area contributed by atoms with E-state index in [1.807, 2.05) is 0 Å². The summed E-state index contributed by atoms with van der Waals surface area (Å²) < 4.78 is 0. The van der Waals surface area contributed by atoms with Crippen LogP contribution in [-0.4, -0.2) is 27.6 Å². The highest BCUT2D eigenvalue weighted by molar-refractivity contribution is 5.84. The fraction of sp³-hybridized carbons (Fsp3) is 0.583. The van der Waals surface area contributed by atoms with Crippen molar-refractivity contribution in [1.82, 2.24) is 9.97 Å². The van der Waals surface area contributed by atoms with Crippen LogP contribution in [0.3, 0.4) is 0 Å². The molecule has 5 heteroatoms. The lowest BCUT2D eigenvalue weighted by molar-refractivity contribution is 0.0690. The summed E-state index contributed by atoms with van der Waals surface area (Å²) in [7, 11) is 0. The van der Waals surface area contributed by atoms with Crippen molar-refractivity contribution in [3.63, 3.8) is 0 Å². The molecule has 2 rings (SSSR count). The third-order valence-corrected chi connectivity index (χ3v) is 3.17. The summed E-state index contributed by atoms with van der Waals surface area (Å²) in [5.41, 5.74) is -0.0202. The van der Waals surface area contributed by atoms with E-state index in [1.165, 1.54) is 44.5 Å². The Hall–Kier alpha value is -1.65. The smallest absolute Gasteiger partial charge is 0.356 e. The largest absolute Gasteiger partial charge is 0.476 e. The molecular formula is C12H17N3O2. The highest BCUT2D eigenvalue weighted by Gasteiger charge is 2.13. The zero-order valence-electron chi connectivity index (χ0n) is 9.72. The van der Waals surface area contributed by atoms with Gasteiger partial charge in [0, 0.05) is 6.54 Å². The first-order valence-corrected chi connectivity index (χ1v) is 6.05. The van der Waals surface area contributed by atoms with Gasteiger partial charge in [-0.25, -0.2) is 14.8 Å². The van der Waals surface area contributed by atoms with E-state index in [-0.39, 0.29) is 5.69 Å². The minimum absolute atomic E-state index is 0.0202. The Bertz CT molecular complexity index is 372. The Labute approximate surface area is 100 Å². The second kappa shape index (κ2) is 5.61. The van der Waals surface area contributed by atoms with E-state index in [0.29, 0.717) is 11.7 Å². The molecule has 0 bridgehead atoms. The number of carboxylic acid groups (broad SMARTS) is 1. The van der Waals surface area contributed by atoms with Crippen LogP contribution in [0, 0.1) is 5.92 Å². The summed E-state index contributed by atoms with van der Waals surface area (Å²) in [6.07, 6.45) is 9.29. The quantitative estimate of drug-likeness (QED) is 0.836. The van der Waals surface area contributed by atoms with Crippen molar-refractivity contribution >= 4 is 11.8 Å². The van der Waals surface area contributed by atoms with Crippen LogP contribution in [-0.2, 0) is 0 Å². The molecule has 1 heterocycles. The van der Waals surface area contributed by atoms with E-state index in [0.717, 1.165) is 6.54 Å². The molecule has 0 saturated heterocycles. The van der Waals surface area contributed by atoms with Gasteiger partial charge in [0.2, 0.25) is 0 Å². The van der Waals surface area contributed by atoms with Crippen LogP contribution in [0.5, 0.6) is 0 Å². The van der Waals surface area contributed by atoms with E-state index in [1.54, 1.807) is 0 Å². The first-order valence-electron chi connectivity index (χ1n) is 6.05. The number of hydrogen-bond donors (Lipinski definition) is 2. The molecule has 0 atom stereocenters. The van der Waals surface area contributed by atoms with E-state index >= 15 is 0 Å². The predicted octanol–water partition coefficient (Wildman–Crippen LogP) is 2.17. The minimum atomic E-state index is -1.05. The Morgan fingerprint density at radius 1 is 1.29 bits per heavy atom. The van der Waals surface area contributed by atoms with Gasteiger partial charge in [0.25, 0.3) is 0 Å². The number of nitrogens with zero attached hydrogens (tertiary/aromatic N) is 2. The molecule has 5 nitrogen and oxygen atoms in total. The maximum atomic E-state index is 10.6. The number of rotatable bonds is 4. The molecule has 1 aliphatic rings. The predicted molar refractivity (Wildman–Crippen MR) is 64.1 cm³/mol. The Morgan fingerprint density at radius 2 is 2.06 bits per heavy atom. The number of aromatic carboxylic acids is 1. The van der Waals surface area contributed by atoms with Gasteiger partial charge in [0.05, 0.1) is 12.4 Å². The topological polar surface area (TPSA) is 75.1 Å². The van der Waals surface area contributed by atoms with Gasteiger partial charge >= 0.3 is 5.97 Å². The van der Waals surface area contributed by atoms with Crippen LogP contribution in [0.2, 0.25) is 0 Å². The van der Waals surface area contributed by atoms with Crippen molar-refractivity contribution in [2.45, 2.75) is 32.1 Å². The number of aromatic nitrogens is 2. The Balaban J connectivity index is 1.84. The van der Waals surface area contributed by atoms with Crippen molar-refractivity contribution in [3.05, 3.63) is 18.1 Å². The molecule has 1 aromatic rings. The summed E-state index contributed by atoms with van der Waals surface area (Å²) in [6, 6.07) is 0. The molecule has 1 fully saturated rings. The van der Waals surface area contributed by atoms with Crippen molar-refractivity contribution in [1.29, 1.82) is 0 Å². The van der Waals surface area contributed by atoms with Gasteiger partial charge in [0.1, 0.15) is 5.82 Å². The molecular weight excluding hydrogens is 218 g/mol. The summed E-state index contributed by atoms with van der Waals surface area (Å²) in [4.78, 5) is 18.4. The number of carboxylic acids is 1. The van der Waals surface area contributed by atoms with Gasteiger partial charge < -0.3 is 10.4 Å². The molecule has 92 valence electrons. The molecule has 0 amide bonds. The lowest BCUT2D eigenvalue weighted by Crippen LogP contribution is -2.17. The number of carbonyl (C=O) groups is 1. The van der Waals surface area contributed by atoms with Crippen molar-refractivity contribution in [2.75, 3.05) is 11.9 Å². The van der Waals surface area contributed by atoms with E-state index in [2.05, 4.69) is 15.3 Å². The second-order valence-corrected chi connectivity index (χ2v) is 4.48. The van der Waals surface area contributed by atoms with Crippen LogP contribution >= 0.6 is 0 Å². The molecule has 2 N–H and O–H groups in total. The highest BCUT2D eigenvalue weighted by atomic mass is 16.4. The fourth-order valence-electron chi connectivity index (χ4n) is 2.17. The zero-order chi connectivity index (χ0) is 12.1. The lowest BCUT2D eigenvalue weighted by atomic mass is 9.89. The van der Waals surface area contributed by atoms with Gasteiger partial charge in [0.15, 0.2) is 5.69 Å². The monoisotopic (exact) mass is 235 g/mol. The molecule has 0 aromatic carbocycles. The Kier molecular flexibility index (Phi) is 3.90. The number of nitrogens with one attached hydrogen (secondary N) is 1. The van der Waals surface area contributed by atoms with Crippen LogP contribution in [0.15, 0.2) is 12.4 Å². The van der Waals surface area contributed by atoms with Crippen molar-refractivity contribution < 1.29 is 9.90 Å². The lowest BCUT2D eigenvalue weighted by Gasteiger charge is -2.21. The van der Waals surface area contributed by atoms with Crippen LogP contribution in [0.25, 0.3) is 0 Å². The molecule has 0 radical (unpaired) electrons. The van der Waals surface area contributed by atoms with Gasteiger partial charge in [-0.15, -0.1) is 0 Å². The summed E-state index contributed by atoms with van der Waals surface area (Å²) in [5.74, 6) is 0.321. The number of hydrogen-bond acceptors (Lipinski definition) is 4. The average molecular weight is 235 g/mol. The fourth-order valence-corrected chi connectivity index (χ4v) is 2.17. The molecule has 0 unspecified atom stereocenters. The molecule has 17 heavy (non-hydrogen) atoms. The molecule has 1 saturated carbocycles. The minimum Gasteiger partial charge on any atom is -0.476 e. The second-order valence-electron chi connectivity index (χ2n) is 4.48. The number of anilines is 1. The summed E-state index contributed by atoms with van der Waals surface area (Å²) in [5, 5.41) is 11.9. The third-order valence-electron chi connectivity index (χ3n) is 3.17. The zero-order valence-corrected chi connectivity index (χ0v) is 9.72. The van der Waals surface area contributed by atoms with Gasteiger partial charge in [-0.1, -0.05) is 19.3 Å². The maximum absolute atomic E-state index is 10.6. The van der Waals surface area contributed by atoms with Crippen LogP contribution in [0.4, 0.5) is 5.82 Å². The standard InChI is InChI=1S/C12H17N3O2/c16-12(17)10-7-15-11(8-13-10)14-6-9-4-2-1-3-5-9/h7-9H,1-6H2,(H,14,15)(H,16,17). The summed E-state index contributed by atoms with van der Waals surface area (Å²) in [6.45, 7) is 0.904. The van der Waals surface area contributed by atoms with E-state index in [9.17, 15) is 4.79 Å². The SMILES string of the molecule is O=C(O)c1cnc(NCC2CCCCC2)cn1.